The van der Waals surface area contributed by atoms with Crippen LogP contribution in [0.4, 0.5) is 19.0 Å². The Morgan fingerprint density at radius 3 is 2.52 bits per heavy atom. The van der Waals surface area contributed by atoms with Crippen LogP contribution in [0.2, 0.25) is 0 Å². The molecule has 2 fully saturated rings. The monoisotopic (exact) mass is 583 g/mol. The minimum absolute atomic E-state index is 0.00841. The smallest absolute Gasteiger partial charge is 0.381 e. The lowest BCUT2D eigenvalue weighted by atomic mass is 10.1. The summed E-state index contributed by atoms with van der Waals surface area (Å²) in [6, 6.07) is 5.06. The largest absolute Gasteiger partial charge is 0.433 e. The summed E-state index contributed by atoms with van der Waals surface area (Å²) in [4.78, 5) is 56.6. The van der Waals surface area contributed by atoms with Crippen molar-refractivity contribution in [3.63, 3.8) is 0 Å². The van der Waals surface area contributed by atoms with Crippen LogP contribution in [-0.4, -0.2) is 54.7 Å². The lowest BCUT2D eigenvalue weighted by Gasteiger charge is -2.24. The molecule has 1 amide bonds. The van der Waals surface area contributed by atoms with E-state index in [4.69, 9.17) is 4.74 Å². The second-order valence-corrected chi connectivity index (χ2v) is 10.6. The van der Waals surface area contributed by atoms with E-state index in [0.717, 1.165) is 37.6 Å². The lowest BCUT2D eigenvalue weighted by molar-refractivity contribution is -0.141. The van der Waals surface area contributed by atoms with Gasteiger partial charge in [0.1, 0.15) is 22.9 Å². The predicted molar refractivity (Wildman–Crippen MR) is 146 cm³/mol. The highest BCUT2D eigenvalue weighted by molar-refractivity contribution is 6.05. The molecule has 2 aliphatic rings. The fourth-order valence-electron chi connectivity index (χ4n) is 5.15. The van der Waals surface area contributed by atoms with Gasteiger partial charge in [0.2, 0.25) is 0 Å². The maximum atomic E-state index is 13.5. The van der Waals surface area contributed by atoms with E-state index in [1.807, 2.05) is 6.92 Å². The molecular weight excluding hydrogens is 555 g/mol. The molecule has 1 atom stereocenters. The van der Waals surface area contributed by atoms with Gasteiger partial charge in [0.25, 0.3) is 11.5 Å². The number of pyridine rings is 2. The van der Waals surface area contributed by atoms with Gasteiger partial charge in [-0.05, 0) is 49.9 Å². The number of aromatic nitrogens is 6. The lowest BCUT2D eigenvalue weighted by Crippen LogP contribution is -2.39. The molecule has 1 saturated carbocycles. The molecule has 11 nitrogen and oxygen atoms in total. The molecule has 0 bridgehead atoms. The van der Waals surface area contributed by atoms with E-state index in [-0.39, 0.29) is 46.7 Å². The number of anilines is 1. The van der Waals surface area contributed by atoms with E-state index in [1.54, 1.807) is 12.1 Å². The third-order valence-corrected chi connectivity index (χ3v) is 7.48. The van der Waals surface area contributed by atoms with E-state index in [2.05, 4.69) is 19.9 Å². The number of imidazole rings is 1. The number of halogens is 3. The van der Waals surface area contributed by atoms with Crippen molar-refractivity contribution in [3.05, 3.63) is 68.8 Å². The van der Waals surface area contributed by atoms with Crippen molar-refractivity contribution >= 4 is 22.9 Å². The number of hydrogen-bond donors (Lipinski definition) is 1. The van der Waals surface area contributed by atoms with Gasteiger partial charge in [0.05, 0.1) is 12.2 Å². The number of fused-ring (bicyclic) bond motifs is 1. The molecule has 220 valence electrons. The number of amides is 1. The van der Waals surface area contributed by atoms with Crippen LogP contribution in [0.1, 0.15) is 54.7 Å². The standard InChI is InChI=1S/C28H28F3N7O4/c1-2-10-36-24-22(26(40)38(27(36)41)19-5-6-19)34-23(35-24)17-4-8-21(33-12-17)37(14-16-9-11-42-15-16)25(39)18-3-7-20(32-13-18)28(29,30)31/h3-4,7-8,12-13,16,19H,2,5-6,9-11,14-15H2,1H3,(H,34,35). The van der Waals surface area contributed by atoms with E-state index in [1.165, 1.54) is 20.2 Å². The number of nitrogens with one attached hydrogen (secondary N) is 1. The Hall–Kier alpha value is -4.33. The Morgan fingerprint density at radius 1 is 1.12 bits per heavy atom. The summed E-state index contributed by atoms with van der Waals surface area (Å²) in [6.07, 6.45) is 0.756. The zero-order chi connectivity index (χ0) is 29.6. The number of ether oxygens (including phenoxy) is 1. The molecule has 1 N–H and O–H groups in total. The summed E-state index contributed by atoms with van der Waals surface area (Å²) < 4.78 is 47.3. The van der Waals surface area contributed by atoms with Gasteiger partial charge in [-0.2, -0.15) is 13.2 Å². The maximum Gasteiger partial charge on any atom is 0.433 e. The first-order chi connectivity index (χ1) is 20.2. The summed E-state index contributed by atoms with van der Waals surface area (Å²) in [7, 11) is 0. The van der Waals surface area contributed by atoms with Gasteiger partial charge < -0.3 is 9.72 Å². The number of rotatable bonds is 8. The highest BCUT2D eigenvalue weighted by atomic mass is 19.4. The molecule has 6 rings (SSSR count). The van der Waals surface area contributed by atoms with Crippen molar-refractivity contribution in [1.29, 1.82) is 0 Å². The maximum absolute atomic E-state index is 13.5. The molecule has 0 radical (unpaired) electrons. The van der Waals surface area contributed by atoms with E-state index in [9.17, 15) is 27.6 Å². The second-order valence-electron chi connectivity index (χ2n) is 10.6. The molecule has 5 heterocycles. The zero-order valence-corrected chi connectivity index (χ0v) is 22.7. The number of carbonyl (C=O) groups is 1. The number of hydrogen-bond acceptors (Lipinski definition) is 7. The van der Waals surface area contributed by atoms with Gasteiger partial charge in [0.15, 0.2) is 5.65 Å². The fraction of sp³-hybridized carbons (Fsp3) is 0.429. The molecule has 4 aromatic heterocycles. The Bertz CT molecular complexity index is 1730. The average molecular weight is 584 g/mol. The normalized spacial score (nSPS) is 17.2. The quantitative estimate of drug-likeness (QED) is 0.334. The summed E-state index contributed by atoms with van der Waals surface area (Å²) in [5.74, 6) is 0.104. The average Bonchev–Trinajstić information content (AvgIpc) is 3.48. The molecule has 14 heteroatoms. The molecule has 1 unspecified atom stereocenters. The number of aromatic amines is 1. The molecular formula is C28H28F3N7O4. The molecule has 1 saturated heterocycles. The van der Waals surface area contributed by atoms with Crippen LogP contribution in [0.5, 0.6) is 0 Å². The minimum Gasteiger partial charge on any atom is -0.381 e. The number of carbonyl (C=O) groups excluding carboxylic acids is 1. The highest BCUT2D eigenvalue weighted by Gasteiger charge is 2.33. The number of nitrogens with zero attached hydrogens (tertiary/aromatic N) is 6. The van der Waals surface area contributed by atoms with Gasteiger partial charge in [-0.15, -0.1) is 0 Å². The SMILES string of the molecule is CCCn1c(=O)n(C2CC2)c(=O)c2[nH]c(-c3ccc(N(CC4CCOC4)C(=O)c4ccc(C(F)(F)F)nc4)nc3)nc21. The van der Waals surface area contributed by atoms with Crippen LogP contribution in [-0.2, 0) is 17.5 Å². The fourth-order valence-corrected chi connectivity index (χ4v) is 5.15. The molecule has 0 aromatic carbocycles. The van der Waals surface area contributed by atoms with Crippen molar-refractivity contribution in [1.82, 2.24) is 29.1 Å². The summed E-state index contributed by atoms with van der Waals surface area (Å²) >= 11 is 0. The van der Waals surface area contributed by atoms with Gasteiger partial charge in [0, 0.05) is 49.6 Å². The summed E-state index contributed by atoms with van der Waals surface area (Å²) in [5, 5.41) is 0. The Balaban J connectivity index is 1.34. The summed E-state index contributed by atoms with van der Waals surface area (Å²) in [5.41, 5.74) is -0.838. The third-order valence-electron chi connectivity index (χ3n) is 7.48. The number of alkyl halides is 3. The van der Waals surface area contributed by atoms with Crippen molar-refractivity contribution in [2.45, 2.75) is 51.4 Å². The van der Waals surface area contributed by atoms with E-state index in [0.29, 0.717) is 37.6 Å². The van der Waals surface area contributed by atoms with Crippen LogP contribution >= 0.6 is 0 Å². The zero-order valence-electron chi connectivity index (χ0n) is 22.7. The molecule has 42 heavy (non-hydrogen) atoms. The van der Waals surface area contributed by atoms with E-state index < -0.39 is 23.3 Å². The number of H-pyrrole nitrogens is 1. The van der Waals surface area contributed by atoms with Crippen LogP contribution in [0.3, 0.4) is 0 Å². The minimum atomic E-state index is -4.62. The molecule has 1 aliphatic heterocycles. The first-order valence-electron chi connectivity index (χ1n) is 13.8. The van der Waals surface area contributed by atoms with Gasteiger partial charge in [-0.1, -0.05) is 6.92 Å². The van der Waals surface area contributed by atoms with Gasteiger partial charge in [-0.3, -0.25) is 28.6 Å². The topological polar surface area (TPSA) is 128 Å². The van der Waals surface area contributed by atoms with E-state index >= 15 is 0 Å². The number of aryl methyl sites for hydroxylation is 1. The van der Waals surface area contributed by atoms with Gasteiger partial charge >= 0.3 is 11.9 Å². The highest BCUT2D eigenvalue weighted by Crippen LogP contribution is 2.33. The predicted octanol–water partition coefficient (Wildman–Crippen LogP) is 3.79. The first-order valence-corrected chi connectivity index (χ1v) is 13.8. The summed E-state index contributed by atoms with van der Waals surface area (Å²) in [6.45, 7) is 3.60. The molecule has 4 aromatic rings. The van der Waals surface area contributed by atoms with Crippen molar-refractivity contribution < 1.29 is 22.7 Å². The van der Waals surface area contributed by atoms with Crippen LogP contribution in [0.15, 0.2) is 46.2 Å². The Morgan fingerprint density at radius 2 is 1.93 bits per heavy atom. The van der Waals surface area contributed by atoms with Crippen molar-refractivity contribution in [2.75, 3.05) is 24.7 Å². The molecule has 1 aliphatic carbocycles. The van der Waals surface area contributed by atoms with Crippen molar-refractivity contribution in [2.24, 2.45) is 5.92 Å². The van der Waals surface area contributed by atoms with Crippen molar-refractivity contribution in [3.8, 4) is 11.4 Å². The Labute approximate surface area is 237 Å². The molecule has 0 spiro atoms. The van der Waals surface area contributed by atoms with Crippen LogP contribution in [0, 0.1) is 5.92 Å². The van der Waals surface area contributed by atoms with Crippen LogP contribution in [0.25, 0.3) is 22.6 Å². The Kier molecular flexibility index (Phi) is 7.17. The van der Waals surface area contributed by atoms with Crippen LogP contribution < -0.4 is 16.1 Å². The third kappa shape index (κ3) is 5.22. The second kappa shape index (κ2) is 10.8. The van der Waals surface area contributed by atoms with Gasteiger partial charge in [-0.25, -0.2) is 14.8 Å². The first kappa shape index (κ1) is 27.8.